The summed E-state index contributed by atoms with van der Waals surface area (Å²) in [6.07, 6.45) is 0. The minimum Gasteiger partial charge on any atom is -0.478 e. The molecule has 0 unspecified atom stereocenters. The lowest BCUT2D eigenvalue weighted by molar-refractivity contribution is 0.0699. The van der Waals surface area contributed by atoms with Crippen LogP contribution >= 0.6 is 34.3 Å². The van der Waals surface area contributed by atoms with Crippen LogP contribution in [0.2, 0.25) is 5.02 Å². The summed E-state index contributed by atoms with van der Waals surface area (Å²) in [6.45, 7) is 0. The molecule has 4 nitrogen and oxygen atoms in total. The molecule has 0 aliphatic carbocycles. The largest absolute Gasteiger partial charge is 0.478 e. The highest BCUT2D eigenvalue weighted by Gasteiger charge is 2.21. The molecule has 0 saturated heterocycles. The number of carboxylic acids is 1. The maximum Gasteiger partial charge on any atom is 0.339 e. The van der Waals surface area contributed by atoms with E-state index in [1.807, 2.05) is 17.5 Å². The van der Waals surface area contributed by atoms with Gasteiger partial charge < -0.3 is 10.4 Å². The van der Waals surface area contributed by atoms with Crippen LogP contribution in [0.4, 0.5) is 5.00 Å². The van der Waals surface area contributed by atoms with Crippen molar-refractivity contribution in [1.82, 2.24) is 0 Å². The lowest BCUT2D eigenvalue weighted by Gasteiger charge is -2.06. The van der Waals surface area contributed by atoms with Crippen molar-refractivity contribution in [3.05, 3.63) is 75.4 Å². The quantitative estimate of drug-likeness (QED) is 0.416. The number of benzene rings is 2. The van der Waals surface area contributed by atoms with Gasteiger partial charge in [-0.25, -0.2) is 4.79 Å². The van der Waals surface area contributed by atoms with Crippen LogP contribution in [0, 0.1) is 0 Å². The minimum atomic E-state index is -1.09. The maximum absolute atomic E-state index is 12.6. The molecule has 2 aromatic heterocycles. The van der Waals surface area contributed by atoms with Crippen LogP contribution in [0.3, 0.4) is 0 Å². The number of aromatic carboxylic acids is 1. The zero-order chi connectivity index (χ0) is 19.0. The molecule has 0 bridgehead atoms. The average Bonchev–Trinajstić information content (AvgIpc) is 3.28. The Kier molecular flexibility index (Phi) is 4.70. The van der Waals surface area contributed by atoms with Crippen molar-refractivity contribution < 1.29 is 14.7 Å². The summed E-state index contributed by atoms with van der Waals surface area (Å²) in [4.78, 5) is 24.5. The lowest BCUT2D eigenvalue weighted by Crippen LogP contribution is -2.13. The van der Waals surface area contributed by atoms with Crippen molar-refractivity contribution in [3.8, 4) is 11.1 Å². The molecule has 1 amide bonds. The second-order valence-electron chi connectivity index (χ2n) is 5.79. The van der Waals surface area contributed by atoms with Crippen LogP contribution in [0.25, 0.3) is 21.2 Å². The summed E-state index contributed by atoms with van der Waals surface area (Å²) in [5, 5.41) is 18.0. The first-order chi connectivity index (χ1) is 13.0. The fourth-order valence-corrected chi connectivity index (χ4v) is 4.64. The number of carbonyl (C=O) groups excluding carboxylic acids is 1. The van der Waals surface area contributed by atoms with E-state index >= 15 is 0 Å². The van der Waals surface area contributed by atoms with Crippen LogP contribution in [0.15, 0.2) is 59.3 Å². The number of hydrogen-bond acceptors (Lipinski definition) is 4. The first kappa shape index (κ1) is 17.7. The number of nitrogens with one attached hydrogen (secondary N) is 1. The Morgan fingerprint density at radius 1 is 1.00 bits per heavy atom. The Bertz CT molecular complexity index is 1160. The molecule has 0 aliphatic heterocycles. The standard InChI is InChI=1S/C20H12ClNO3S2/c21-14-4-1-11(2-5-14)15-10-27-19(17(15)20(24)25)22-18(23)13-3-6-16-12(9-13)7-8-26-16/h1-10H,(H,22,23)(H,24,25). The first-order valence-electron chi connectivity index (χ1n) is 7.92. The summed E-state index contributed by atoms with van der Waals surface area (Å²) >= 11 is 8.70. The summed E-state index contributed by atoms with van der Waals surface area (Å²) in [5.41, 5.74) is 1.84. The van der Waals surface area contributed by atoms with Crippen molar-refractivity contribution in [2.75, 3.05) is 5.32 Å². The van der Waals surface area contributed by atoms with Gasteiger partial charge in [-0.15, -0.1) is 22.7 Å². The van der Waals surface area contributed by atoms with Gasteiger partial charge in [-0.05, 0) is 52.7 Å². The molecule has 4 rings (SSSR count). The van der Waals surface area contributed by atoms with Gasteiger partial charge in [0.1, 0.15) is 10.6 Å². The number of anilines is 1. The van der Waals surface area contributed by atoms with Gasteiger partial charge in [0, 0.05) is 26.2 Å². The Morgan fingerprint density at radius 2 is 1.78 bits per heavy atom. The molecule has 0 saturated carbocycles. The summed E-state index contributed by atoms with van der Waals surface area (Å²) in [6, 6.07) is 14.3. The molecule has 0 radical (unpaired) electrons. The van der Waals surface area contributed by atoms with Crippen molar-refractivity contribution in [3.63, 3.8) is 0 Å². The van der Waals surface area contributed by atoms with Crippen molar-refractivity contribution in [2.24, 2.45) is 0 Å². The number of hydrogen-bond donors (Lipinski definition) is 2. The molecule has 0 spiro atoms. The van der Waals surface area contributed by atoms with Crippen LogP contribution in [0.5, 0.6) is 0 Å². The van der Waals surface area contributed by atoms with E-state index in [0.717, 1.165) is 15.6 Å². The predicted molar refractivity (Wildman–Crippen MR) is 112 cm³/mol. The molecular weight excluding hydrogens is 402 g/mol. The van der Waals surface area contributed by atoms with E-state index in [1.165, 1.54) is 11.3 Å². The fourth-order valence-electron chi connectivity index (χ4n) is 2.79. The zero-order valence-electron chi connectivity index (χ0n) is 13.7. The smallest absolute Gasteiger partial charge is 0.339 e. The summed E-state index contributed by atoms with van der Waals surface area (Å²) < 4.78 is 1.10. The second kappa shape index (κ2) is 7.15. The van der Waals surface area contributed by atoms with Gasteiger partial charge in [0.2, 0.25) is 0 Å². The molecule has 2 N–H and O–H groups in total. The molecule has 2 aromatic carbocycles. The highest BCUT2D eigenvalue weighted by Crippen LogP contribution is 2.36. The highest BCUT2D eigenvalue weighted by atomic mass is 35.5. The van der Waals surface area contributed by atoms with Gasteiger partial charge in [0.05, 0.1) is 0 Å². The molecular formula is C20H12ClNO3S2. The van der Waals surface area contributed by atoms with Gasteiger partial charge in [-0.1, -0.05) is 23.7 Å². The zero-order valence-corrected chi connectivity index (χ0v) is 16.1. The van der Waals surface area contributed by atoms with E-state index in [4.69, 9.17) is 11.6 Å². The number of fused-ring (bicyclic) bond motifs is 1. The third-order valence-corrected chi connectivity index (χ3v) is 6.15. The van der Waals surface area contributed by atoms with E-state index in [2.05, 4.69) is 5.32 Å². The van der Waals surface area contributed by atoms with Crippen LogP contribution in [0.1, 0.15) is 20.7 Å². The van der Waals surface area contributed by atoms with Gasteiger partial charge in [0.15, 0.2) is 0 Å². The molecule has 0 aliphatic rings. The van der Waals surface area contributed by atoms with Gasteiger partial charge in [-0.2, -0.15) is 0 Å². The van der Waals surface area contributed by atoms with Crippen LogP contribution < -0.4 is 5.32 Å². The predicted octanol–water partition coefficient (Wildman–Crippen LogP) is 6.23. The number of halogens is 1. The third kappa shape index (κ3) is 3.47. The molecule has 27 heavy (non-hydrogen) atoms. The normalized spacial score (nSPS) is 10.9. The Labute approximate surface area is 167 Å². The van der Waals surface area contributed by atoms with Crippen molar-refractivity contribution in [2.45, 2.75) is 0 Å². The lowest BCUT2D eigenvalue weighted by atomic mass is 10.0. The van der Waals surface area contributed by atoms with Gasteiger partial charge in [-0.3, -0.25) is 4.79 Å². The molecule has 0 fully saturated rings. The Hall–Kier alpha value is -2.67. The highest BCUT2D eigenvalue weighted by molar-refractivity contribution is 7.17. The second-order valence-corrected chi connectivity index (χ2v) is 8.06. The van der Waals surface area contributed by atoms with Gasteiger partial charge in [0.25, 0.3) is 5.91 Å². The third-order valence-electron chi connectivity index (χ3n) is 4.10. The van der Waals surface area contributed by atoms with Gasteiger partial charge >= 0.3 is 5.97 Å². The van der Waals surface area contributed by atoms with E-state index in [1.54, 1.807) is 53.1 Å². The Balaban J connectivity index is 1.68. The van der Waals surface area contributed by atoms with E-state index in [9.17, 15) is 14.7 Å². The fraction of sp³-hybridized carbons (Fsp3) is 0. The summed E-state index contributed by atoms with van der Waals surface area (Å²) in [5.74, 6) is -1.43. The average molecular weight is 414 g/mol. The van der Waals surface area contributed by atoms with Crippen molar-refractivity contribution >= 4 is 61.2 Å². The van der Waals surface area contributed by atoms with Crippen LogP contribution in [-0.2, 0) is 0 Å². The number of carbonyl (C=O) groups is 2. The molecule has 7 heteroatoms. The van der Waals surface area contributed by atoms with E-state index in [-0.39, 0.29) is 11.5 Å². The monoisotopic (exact) mass is 413 g/mol. The first-order valence-corrected chi connectivity index (χ1v) is 10.1. The summed E-state index contributed by atoms with van der Waals surface area (Å²) in [7, 11) is 0. The Morgan fingerprint density at radius 3 is 2.52 bits per heavy atom. The molecule has 134 valence electrons. The van der Waals surface area contributed by atoms with E-state index in [0.29, 0.717) is 21.2 Å². The van der Waals surface area contributed by atoms with E-state index < -0.39 is 5.97 Å². The number of rotatable bonds is 4. The topological polar surface area (TPSA) is 66.4 Å². The maximum atomic E-state index is 12.6. The number of thiophene rings is 2. The van der Waals surface area contributed by atoms with Crippen LogP contribution in [-0.4, -0.2) is 17.0 Å². The number of carboxylic acid groups (broad SMARTS) is 1. The minimum absolute atomic E-state index is 0.0762. The molecule has 2 heterocycles. The SMILES string of the molecule is O=C(Nc1scc(-c2ccc(Cl)cc2)c1C(=O)O)c1ccc2sccc2c1. The number of amides is 1. The molecule has 0 atom stereocenters. The molecule has 4 aromatic rings. The van der Waals surface area contributed by atoms with Crippen molar-refractivity contribution in [1.29, 1.82) is 0 Å².